The fourth-order valence-electron chi connectivity index (χ4n) is 2.64. The van der Waals surface area contributed by atoms with E-state index in [1.165, 1.54) is 22.2 Å². The molecular formula is C13H15BrN2. The zero-order valence-electron chi connectivity index (χ0n) is 9.55. The zero-order chi connectivity index (χ0) is 11.3. The first-order valence-corrected chi connectivity index (χ1v) is 6.45. The van der Waals surface area contributed by atoms with Gasteiger partial charge in [-0.05, 0) is 24.6 Å². The van der Waals surface area contributed by atoms with E-state index in [0.29, 0.717) is 6.04 Å². The fraction of sp³-hybridized carbons (Fsp3) is 0.385. The maximum absolute atomic E-state index is 3.54. The van der Waals surface area contributed by atoms with E-state index in [9.17, 15) is 0 Å². The van der Waals surface area contributed by atoms with E-state index in [1.54, 1.807) is 0 Å². The van der Waals surface area contributed by atoms with Crippen LogP contribution in [-0.2, 0) is 20.0 Å². The molecule has 1 aromatic carbocycles. The molecule has 2 heterocycles. The van der Waals surface area contributed by atoms with E-state index < -0.39 is 0 Å². The van der Waals surface area contributed by atoms with Gasteiger partial charge in [-0.1, -0.05) is 22.0 Å². The van der Waals surface area contributed by atoms with E-state index in [4.69, 9.17) is 0 Å². The molecule has 1 aliphatic heterocycles. The van der Waals surface area contributed by atoms with Gasteiger partial charge in [-0.15, -0.1) is 0 Å². The summed E-state index contributed by atoms with van der Waals surface area (Å²) in [5, 5.41) is 4.92. The van der Waals surface area contributed by atoms with Crippen LogP contribution in [0.2, 0.25) is 0 Å². The summed E-state index contributed by atoms with van der Waals surface area (Å²) in [7, 11) is 2.17. The van der Waals surface area contributed by atoms with Crippen molar-refractivity contribution in [1.82, 2.24) is 9.88 Å². The second-order valence-corrected chi connectivity index (χ2v) is 5.55. The Morgan fingerprint density at radius 2 is 2.25 bits per heavy atom. The number of rotatable bonds is 0. The average Bonchev–Trinajstić information content (AvgIpc) is 2.53. The molecule has 3 heteroatoms. The number of halogens is 1. The second-order valence-electron chi connectivity index (χ2n) is 4.63. The number of nitrogens with zero attached hydrogens (tertiary/aromatic N) is 1. The predicted octanol–water partition coefficient (Wildman–Crippen LogP) is 2.98. The Morgan fingerprint density at radius 1 is 1.44 bits per heavy atom. The second kappa shape index (κ2) is 3.60. The van der Waals surface area contributed by atoms with Gasteiger partial charge in [-0.2, -0.15) is 0 Å². The van der Waals surface area contributed by atoms with Crippen molar-refractivity contribution < 1.29 is 0 Å². The molecule has 84 valence electrons. The van der Waals surface area contributed by atoms with Crippen LogP contribution in [0, 0.1) is 0 Å². The highest BCUT2D eigenvalue weighted by molar-refractivity contribution is 9.10. The lowest BCUT2D eigenvalue weighted by atomic mass is 10.0. The van der Waals surface area contributed by atoms with Crippen molar-refractivity contribution in [3.05, 3.63) is 33.9 Å². The molecule has 1 unspecified atom stereocenters. The quantitative estimate of drug-likeness (QED) is 0.784. The molecule has 2 aromatic rings. The fourth-order valence-corrected chi connectivity index (χ4v) is 2.99. The first-order valence-electron chi connectivity index (χ1n) is 5.66. The zero-order valence-corrected chi connectivity index (χ0v) is 11.1. The predicted molar refractivity (Wildman–Crippen MR) is 70.6 cm³/mol. The lowest BCUT2D eigenvalue weighted by molar-refractivity contribution is 0.501. The van der Waals surface area contributed by atoms with Gasteiger partial charge in [0, 0.05) is 47.1 Å². The molecule has 0 saturated carbocycles. The molecule has 3 rings (SSSR count). The van der Waals surface area contributed by atoms with E-state index in [2.05, 4.69) is 58.0 Å². The Bertz CT molecular complexity index is 557. The Balaban J connectivity index is 2.31. The van der Waals surface area contributed by atoms with Crippen molar-refractivity contribution in [2.24, 2.45) is 7.05 Å². The molecule has 1 atom stereocenters. The molecule has 2 nitrogen and oxygen atoms in total. The molecule has 1 N–H and O–H groups in total. The minimum Gasteiger partial charge on any atom is -0.347 e. The van der Waals surface area contributed by atoms with Gasteiger partial charge in [0.25, 0.3) is 0 Å². The summed E-state index contributed by atoms with van der Waals surface area (Å²) in [5.41, 5.74) is 4.29. The molecule has 0 amide bonds. The van der Waals surface area contributed by atoms with Crippen LogP contribution in [0.4, 0.5) is 0 Å². The third kappa shape index (κ3) is 1.42. The molecule has 1 aromatic heterocycles. The van der Waals surface area contributed by atoms with Crippen molar-refractivity contribution in [2.45, 2.75) is 25.9 Å². The SMILES string of the molecule is CC1Cc2c(c3ccc(Br)cc3n2C)CN1. The Kier molecular flexibility index (Phi) is 2.33. The normalized spacial score (nSPS) is 20.1. The van der Waals surface area contributed by atoms with Crippen LogP contribution in [0.15, 0.2) is 22.7 Å². The summed E-state index contributed by atoms with van der Waals surface area (Å²) < 4.78 is 3.49. The minimum absolute atomic E-state index is 0.582. The summed E-state index contributed by atoms with van der Waals surface area (Å²) in [4.78, 5) is 0. The van der Waals surface area contributed by atoms with E-state index >= 15 is 0 Å². The first kappa shape index (κ1) is 10.4. The summed E-state index contributed by atoms with van der Waals surface area (Å²) in [6.07, 6.45) is 1.12. The molecule has 1 aliphatic rings. The number of nitrogens with one attached hydrogen (secondary N) is 1. The van der Waals surface area contributed by atoms with Crippen molar-refractivity contribution in [3.63, 3.8) is 0 Å². The Labute approximate surface area is 104 Å². The van der Waals surface area contributed by atoms with Crippen LogP contribution in [0.3, 0.4) is 0 Å². The van der Waals surface area contributed by atoms with Crippen molar-refractivity contribution in [3.8, 4) is 0 Å². The maximum Gasteiger partial charge on any atom is 0.0494 e. The molecule has 0 radical (unpaired) electrons. The van der Waals surface area contributed by atoms with Crippen LogP contribution in [0.5, 0.6) is 0 Å². The highest BCUT2D eigenvalue weighted by atomic mass is 79.9. The van der Waals surface area contributed by atoms with Crippen molar-refractivity contribution in [2.75, 3.05) is 0 Å². The van der Waals surface area contributed by atoms with Gasteiger partial charge in [0.2, 0.25) is 0 Å². The molecule has 0 aliphatic carbocycles. The number of hydrogen-bond donors (Lipinski definition) is 1. The van der Waals surface area contributed by atoms with Crippen LogP contribution in [-0.4, -0.2) is 10.6 Å². The third-order valence-electron chi connectivity index (χ3n) is 3.53. The summed E-state index contributed by atoms with van der Waals surface area (Å²) in [6.45, 7) is 3.24. The van der Waals surface area contributed by atoms with Gasteiger partial charge in [-0.25, -0.2) is 0 Å². The summed E-state index contributed by atoms with van der Waals surface area (Å²) >= 11 is 3.54. The van der Waals surface area contributed by atoms with Gasteiger partial charge < -0.3 is 9.88 Å². The molecule has 0 fully saturated rings. The van der Waals surface area contributed by atoms with Gasteiger partial charge >= 0.3 is 0 Å². The smallest absolute Gasteiger partial charge is 0.0494 e. The molecule has 0 spiro atoms. The number of aromatic nitrogens is 1. The molecule has 0 bridgehead atoms. The minimum atomic E-state index is 0.582. The van der Waals surface area contributed by atoms with E-state index in [-0.39, 0.29) is 0 Å². The highest BCUT2D eigenvalue weighted by Gasteiger charge is 2.21. The number of fused-ring (bicyclic) bond motifs is 3. The average molecular weight is 279 g/mol. The first-order chi connectivity index (χ1) is 7.66. The maximum atomic E-state index is 3.54. The Morgan fingerprint density at radius 3 is 3.06 bits per heavy atom. The van der Waals surface area contributed by atoms with Crippen LogP contribution in [0.1, 0.15) is 18.2 Å². The van der Waals surface area contributed by atoms with Gasteiger partial charge in [0.1, 0.15) is 0 Å². The Hall–Kier alpha value is -0.800. The van der Waals surface area contributed by atoms with Gasteiger partial charge in [0.05, 0.1) is 0 Å². The molecular weight excluding hydrogens is 264 g/mol. The molecule has 16 heavy (non-hydrogen) atoms. The number of hydrogen-bond acceptors (Lipinski definition) is 1. The van der Waals surface area contributed by atoms with Crippen molar-refractivity contribution in [1.29, 1.82) is 0 Å². The lowest BCUT2D eigenvalue weighted by Crippen LogP contribution is -2.33. The third-order valence-corrected chi connectivity index (χ3v) is 4.02. The van der Waals surface area contributed by atoms with E-state index in [0.717, 1.165) is 17.4 Å². The highest BCUT2D eigenvalue weighted by Crippen LogP contribution is 2.30. The van der Waals surface area contributed by atoms with Crippen LogP contribution in [0.25, 0.3) is 10.9 Å². The number of benzene rings is 1. The molecule has 0 saturated heterocycles. The van der Waals surface area contributed by atoms with E-state index in [1.807, 2.05) is 0 Å². The van der Waals surface area contributed by atoms with Crippen molar-refractivity contribution >= 4 is 26.8 Å². The van der Waals surface area contributed by atoms with Crippen LogP contribution >= 0.6 is 15.9 Å². The van der Waals surface area contributed by atoms with Crippen LogP contribution < -0.4 is 5.32 Å². The largest absolute Gasteiger partial charge is 0.347 e. The topological polar surface area (TPSA) is 17.0 Å². The standard InChI is InChI=1S/C13H15BrN2/c1-8-5-12-11(7-15-8)10-4-3-9(14)6-13(10)16(12)2/h3-4,6,8,15H,5,7H2,1-2H3. The lowest BCUT2D eigenvalue weighted by Gasteiger charge is -2.21. The monoisotopic (exact) mass is 278 g/mol. The summed E-state index contributed by atoms with van der Waals surface area (Å²) in [5.74, 6) is 0. The van der Waals surface area contributed by atoms with Gasteiger partial charge in [-0.3, -0.25) is 0 Å². The number of aryl methyl sites for hydroxylation is 1. The van der Waals surface area contributed by atoms with Gasteiger partial charge in [0.15, 0.2) is 0 Å². The summed E-state index contributed by atoms with van der Waals surface area (Å²) in [6, 6.07) is 7.13.